The molecule has 0 aromatic heterocycles. The van der Waals surface area contributed by atoms with E-state index in [0.717, 1.165) is 0 Å². The summed E-state index contributed by atoms with van der Waals surface area (Å²) in [5.74, 6) is 5.71. The van der Waals surface area contributed by atoms with Crippen LogP contribution in [0.2, 0.25) is 0 Å². The van der Waals surface area contributed by atoms with Crippen molar-refractivity contribution in [1.29, 1.82) is 0 Å². The van der Waals surface area contributed by atoms with E-state index in [1.165, 1.54) is 11.1 Å². The molecule has 0 fully saturated rings. The Morgan fingerprint density at radius 2 is 2.00 bits per heavy atom. The van der Waals surface area contributed by atoms with E-state index in [4.69, 9.17) is 0 Å². The third kappa shape index (κ3) is 2.29. The van der Waals surface area contributed by atoms with Gasteiger partial charge < -0.3 is 0 Å². The third-order valence-corrected chi connectivity index (χ3v) is 1.68. The molecule has 0 spiro atoms. The van der Waals surface area contributed by atoms with Crippen LogP contribution in [0.25, 0.3) is 6.08 Å². The summed E-state index contributed by atoms with van der Waals surface area (Å²) in [7, 11) is 0. The molecule has 0 aliphatic rings. The number of hydrogen-bond acceptors (Lipinski definition) is 0. The molecule has 1 rings (SSSR count). The fraction of sp³-hybridized carbons (Fsp3) is 0.167. The first-order valence-corrected chi connectivity index (χ1v) is 3.99. The average molecular weight is 156 g/mol. The molecule has 0 N–H and O–H groups in total. The van der Waals surface area contributed by atoms with Gasteiger partial charge in [-0.1, -0.05) is 30.2 Å². The van der Waals surface area contributed by atoms with Crippen LogP contribution in [0.5, 0.6) is 0 Å². The molecule has 0 saturated carbocycles. The molecule has 0 saturated heterocycles. The number of aryl methyl sites for hydroxylation is 1. The molecule has 0 heterocycles. The molecule has 0 unspecified atom stereocenters. The Labute approximate surface area is 73.9 Å². The van der Waals surface area contributed by atoms with Crippen molar-refractivity contribution in [2.24, 2.45) is 0 Å². The van der Waals surface area contributed by atoms with E-state index in [1.54, 1.807) is 0 Å². The van der Waals surface area contributed by atoms with Gasteiger partial charge >= 0.3 is 0 Å². The lowest BCUT2D eigenvalue weighted by Gasteiger charge is -1.96. The summed E-state index contributed by atoms with van der Waals surface area (Å²) >= 11 is 0. The second-order valence-corrected chi connectivity index (χ2v) is 2.58. The van der Waals surface area contributed by atoms with Crippen molar-refractivity contribution in [1.82, 2.24) is 0 Å². The minimum absolute atomic E-state index is 1.24. The van der Waals surface area contributed by atoms with E-state index in [9.17, 15) is 0 Å². The van der Waals surface area contributed by atoms with Gasteiger partial charge in [0.05, 0.1) is 0 Å². The Bertz CT molecular complexity index is 335. The highest BCUT2D eigenvalue weighted by Crippen LogP contribution is 2.07. The van der Waals surface area contributed by atoms with Crippen molar-refractivity contribution < 1.29 is 0 Å². The van der Waals surface area contributed by atoms with Gasteiger partial charge in [-0.25, -0.2) is 0 Å². The molecule has 60 valence electrons. The summed E-state index contributed by atoms with van der Waals surface area (Å²) in [5.41, 5.74) is 2.52. The maximum Gasteiger partial charge on any atom is -0.00235 e. The molecule has 1 aromatic carbocycles. The van der Waals surface area contributed by atoms with Crippen molar-refractivity contribution in [3.8, 4) is 11.8 Å². The van der Waals surface area contributed by atoms with E-state index >= 15 is 0 Å². The largest absolute Gasteiger partial charge is 0.102 e. The van der Waals surface area contributed by atoms with Crippen molar-refractivity contribution in [3.05, 3.63) is 41.5 Å². The normalized spacial score (nSPS) is 9.50. The molecule has 0 radical (unpaired) electrons. The quantitative estimate of drug-likeness (QED) is 0.548. The van der Waals surface area contributed by atoms with Crippen LogP contribution in [-0.4, -0.2) is 0 Å². The van der Waals surface area contributed by atoms with Gasteiger partial charge in [0.1, 0.15) is 0 Å². The minimum Gasteiger partial charge on any atom is -0.102 e. The van der Waals surface area contributed by atoms with Crippen LogP contribution in [0.1, 0.15) is 18.1 Å². The Morgan fingerprint density at radius 3 is 2.67 bits per heavy atom. The van der Waals surface area contributed by atoms with E-state index in [0.29, 0.717) is 0 Å². The topological polar surface area (TPSA) is 0 Å². The predicted molar refractivity (Wildman–Crippen MR) is 53.7 cm³/mol. The smallest absolute Gasteiger partial charge is 0.00235 e. The van der Waals surface area contributed by atoms with Gasteiger partial charge in [-0.2, -0.15) is 0 Å². The molecule has 0 atom stereocenters. The lowest BCUT2D eigenvalue weighted by molar-refractivity contribution is 1.44. The van der Waals surface area contributed by atoms with Gasteiger partial charge in [0.25, 0.3) is 0 Å². The van der Waals surface area contributed by atoms with E-state index < -0.39 is 0 Å². The highest BCUT2D eigenvalue weighted by atomic mass is 13.9. The van der Waals surface area contributed by atoms with Crippen LogP contribution in [0.3, 0.4) is 0 Å². The lowest BCUT2D eigenvalue weighted by Crippen LogP contribution is -1.76. The SMILES string of the molecule is CC#C/C=C/c1ccccc1C. The summed E-state index contributed by atoms with van der Waals surface area (Å²) < 4.78 is 0. The summed E-state index contributed by atoms with van der Waals surface area (Å²) in [6.45, 7) is 3.93. The first kappa shape index (κ1) is 8.62. The van der Waals surface area contributed by atoms with Crippen LogP contribution in [0.15, 0.2) is 30.3 Å². The first-order chi connectivity index (χ1) is 5.84. The van der Waals surface area contributed by atoms with Gasteiger partial charge in [-0.15, -0.1) is 5.92 Å². The van der Waals surface area contributed by atoms with E-state index in [2.05, 4.69) is 30.9 Å². The zero-order chi connectivity index (χ0) is 8.81. The monoisotopic (exact) mass is 156 g/mol. The molecule has 0 heteroatoms. The molecule has 0 bridgehead atoms. The van der Waals surface area contributed by atoms with E-state index in [-0.39, 0.29) is 0 Å². The Hall–Kier alpha value is -1.48. The van der Waals surface area contributed by atoms with Gasteiger partial charge in [-0.3, -0.25) is 0 Å². The van der Waals surface area contributed by atoms with Crippen LogP contribution in [-0.2, 0) is 0 Å². The summed E-state index contributed by atoms with van der Waals surface area (Å²) in [5, 5.41) is 0. The third-order valence-electron chi connectivity index (χ3n) is 1.68. The molecular formula is C12H12. The fourth-order valence-corrected chi connectivity index (χ4v) is 0.989. The highest BCUT2D eigenvalue weighted by molar-refractivity contribution is 5.55. The average Bonchev–Trinajstić information content (AvgIpc) is 2.09. The summed E-state index contributed by atoms with van der Waals surface area (Å²) in [6.07, 6.45) is 3.91. The zero-order valence-corrected chi connectivity index (χ0v) is 7.46. The first-order valence-electron chi connectivity index (χ1n) is 3.99. The van der Waals surface area contributed by atoms with Crippen LogP contribution in [0.4, 0.5) is 0 Å². The van der Waals surface area contributed by atoms with Crippen molar-refractivity contribution in [2.75, 3.05) is 0 Å². The van der Waals surface area contributed by atoms with E-state index in [1.807, 2.05) is 31.2 Å². The standard InChI is InChI=1S/C12H12/c1-3-4-5-9-12-10-7-6-8-11(12)2/h5-10H,1-2H3/b9-5+. The minimum atomic E-state index is 1.24. The summed E-state index contributed by atoms with van der Waals surface area (Å²) in [4.78, 5) is 0. The molecular weight excluding hydrogens is 144 g/mol. The Balaban J connectivity index is 2.87. The molecule has 0 aliphatic heterocycles. The molecule has 0 aliphatic carbocycles. The molecule has 1 aromatic rings. The van der Waals surface area contributed by atoms with Gasteiger partial charge in [0, 0.05) is 0 Å². The van der Waals surface area contributed by atoms with Gasteiger partial charge in [0.2, 0.25) is 0 Å². The predicted octanol–water partition coefficient (Wildman–Crippen LogP) is 3.03. The molecule has 0 amide bonds. The van der Waals surface area contributed by atoms with Crippen LogP contribution >= 0.6 is 0 Å². The number of allylic oxidation sites excluding steroid dienone is 1. The number of hydrogen-bond donors (Lipinski definition) is 0. The van der Waals surface area contributed by atoms with Crippen LogP contribution in [0, 0.1) is 18.8 Å². The van der Waals surface area contributed by atoms with Crippen molar-refractivity contribution >= 4 is 6.08 Å². The Morgan fingerprint density at radius 1 is 1.25 bits per heavy atom. The second kappa shape index (κ2) is 4.41. The van der Waals surface area contributed by atoms with Crippen molar-refractivity contribution in [3.63, 3.8) is 0 Å². The van der Waals surface area contributed by atoms with Gasteiger partial charge in [0.15, 0.2) is 0 Å². The number of rotatable bonds is 1. The van der Waals surface area contributed by atoms with Crippen LogP contribution < -0.4 is 0 Å². The summed E-state index contributed by atoms with van der Waals surface area (Å²) in [6, 6.07) is 8.26. The number of benzene rings is 1. The lowest BCUT2D eigenvalue weighted by atomic mass is 10.1. The van der Waals surface area contributed by atoms with Gasteiger partial charge in [-0.05, 0) is 37.1 Å². The maximum atomic E-state index is 2.89. The molecule has 12 heavy (non-hydrogen) atoms. The maximum absolute atomic E-state index is 2.89. The molecule has 0 nitrogen and oxygen atoms in total. The fourth-order valence-electron chi connectivity index (χ4n) is 0.989. The Kier molecular flexibility index (Phi) is 3.17. The zero-order valence-electron chi connectivity index (χ0n) is 7.46. The second-order valence-electron chi connectivity index (χ2n) is 2.58. The highest BCUT2D eigenvalue weighted by Gasteiger charge is 1.88. The van der Waals surface area contributed by atoms with Crippen molar-refractivity contribution in [2.45, 2.75) is 13.8 Å².